The fraction of sp³-hybridized carbons (Fsp3) is 0.667. The van der Waals surface area contributed by atoms with Crippen LogP contribution in [0.3, 0.4) is 0 Å². The first-order valence-electron chi connectivity index (χ1n) is 10.3. The van der Waals surface area contributed by atoms with Crippen LogP contribution in [0.25, 0.3) is 0 Å². The van der Waals surface area contributed by atoms with Crippen LogP contribution in [0.5, 0.6) is 17.2 Å². The van der Waals surface area contributed by atoms with Crippen molar-refractivity contribution in [1.29, 1.82) is 0 Å². The lowest BCUT2D eigenvalue weighted by atomic mass is 10.1. The largest absolute Gasteiger partial charge is 0.493 e. The van der Waals surface area contributed by atoms with Crippen molar-refractivity contribution in [2.75, 3.05) is 67.3 Å². The number of benzene rings is 1. The zero-order valence-electron chi connectivity index (χ0n) is 18.5. The number of guanidine groups is 1. The van der Waals surface area contributed by atoms with Crippen molar-refractivity contribution < 1.29 is 18.9 Å². The van der Waals surface area contributed by atoms with Gasteiger partial charge in [0, 0.05) is 44.3 Å². The molecule has 2 aliphatic rings. The van der Waals surface area contributed by atoms with Gasteiger partial charge in [-0.05, 0) is 25.5 Å². The molecule has 2 fully saturated rings. The number of halogens is 1. The molecule has 1 atom stereocenters. The first-order valence-corrected chi connectivity index (χ1v) is 10.3. The molecule has 0 amide bonds. The van der Waals surface area contributed by atoms with Gasteiger partial charge < -0.3 is 29.2 Å². The van der Waals surface area contributed by atoms with Crippen LogP contribution >= 0.6 is 24.0 Å². The van der Waals surface area contributed by atoms with E-state index in [0.717, 1.165) is 63.9 Å². The minimum atomic E-state index is 0. The van der Waals surface area contributed by atoms with E-state index < -0.39 is 0 Å². The maximum atomic E-state index is 5.60. The average molecular weight is 534 g/mol. The lowest BCUT2D eigenvalue weighted by Crippen LogP contribution is -2.46. The molecule has 0 bridgehead atoms. The Hall–Kier alpha value is -1.46. The lowest BCUT2D eigenvalue weighted by Gasteiger charge is -2.32. The molecule has 1 aromatic rings. The third-order valence-electron chi connectivity index (χ3n) is 5.54. The molecular weight excluding hydrogens is 499 g/mol. The predicted octanol–water partition coefficient (Wildman–Crippen LogP) is 2.20. The van der Waals surface area contributed by atoms with Crippen LogP contribution in [0.4, 0.5) is 0 Å². The molecule has 30 heavy (non-hydrogen) atoms. The molecule has 3 rings (SSSR count). The molecule has 2 heterocycles. The molecule has 1 N–H and O–H groups in total. The minimum absolute atomic E-state index is 0. The standard InChI is InChI=1S/C21H34N4O4.HI/c1-5-22-21(25-9-8-17(15-25)24-10-12-29-13-11-24)23-14-16-6-7-18(26-2)20(28-4)19(16)27-3;/h6-7,17H,5,8-15H2,1-4H3,(H,22,23);1H. The van der Waals surface area contributed by atoms with Crippen molar-refractivity contribution in [3.8, 4) is 17.2 Å². The van der Waals surface area contributed by atoms with E-state index in [9.17, 15) is 0 Å². The molecule has 0 aliphatic carbocycles. The third kappa shape index (κ3) is 5.82. The van der Waals surface area contributed by atoms with Crippen molar-refractivity contribution in [3.05, 3.63) is 17.7 Å². The Kier molecular flexibility index (Phi) is 10.3. The average Bonchev–Trinajstić information content (AvgIpc) is 3.26. The monoisotopic (exact) mass is 534 g/mol. The summed E-state index contributed by atoms with van der Waals surface area (Å²) in [5.74, 6) is 2.86. The maximum absolute atomic E-state index is 5.60. The SMILES string of the molecule is CCNC(=NCc1ccc(OC)c(OC)c1OC)N1CCC(N2CCOCC2)C1.I. The number of methoxy groups -OCH3 is 3. The molecule has 1 aromatic carbocycles. The minimum Gasteiger partial charge on any atom is -0.493 e. The summed E-state index contributed by atoms with van der Waals surface area (Å²) in [5, 5.41) is 3.44. The Labute approximate surface area is 196 Å². The van der Waals surface area contributed by atoms with E-state index in [4.69, 9.17) is 23.9 Å². The predicted molar refractivity (Wildman–Crippen MR) is 129 cm³/mol. The van der Waals surface area contributed by atoms with Gasteiger partial charge in [0.1, 0.15) is 0 Å². The summed E-state index contributed by atoms with van der Waals surface area (Å²) in [5.41, 5.74) is 0.962. The normalized spacial score (nSPS) is 19.9. The van der Waals surface area contributed by atoms with E-state index in [0.29, 0.717) is 29.8 Å². The summed E-state index contributed by atoms with van der Waals surface area (Å²) >= 11 is 0. The van der Waals surface area contributed by atoms with Gasteiger partial charge in [-0.15, -0.1) is 24.0 Å². The third-order valence-corrected chi connectivity index (χ3v) is 5.54. The first kappa shape index (κ1) is 24.8. The van der Waals surface area contributed by atoms with Gasteiger partial charge in [-0.2, -0.15) is 0 Å². The van der Waals surface area contributed by atoms with Crippen molar-refractivity contribution in [2.24, 2.45) is 4.99 Å². The number of hydrogen-bond acceptors (Lipinski definition) is 6. The Balaban J connectivity index is 0.00000320. The van der Waals surface area contributed by atoms with Gasteiger partial charge in [0.15, 0.2) is 17.5 Å². The van der Waals surface area contributed by atoms with Crippen LogP contribution in [-0.2, 0) is 11.3 Å². The second kappa shape index (κ2) is 12.4. The molecule has 1 unspecified atom stereocenters. The quantitative estimate of drug-likeness (QED) is 0.327. The van der Waals surface area contributed by atoms with E-state index in [1.54, 1.807) is 21.3 Å². The summed E-state index contributed by atoms with van der Waals surface area (Å²) < 4.78 is 22.0. The molecule has 2 saturated heterocycles. The highest BCUT2D eigenvalue weighted by Gasteiger charge is 2.30. The van der Waals surface area contributed by atoms with E-state index in [2.05, 4.69) is 22.0 Å². The van der Waals surface area contributed by atoms with Crippen molar-refractivity contribution in [2.45, 2.75) is 25.9 Å². The summed E-state index contributed by atoms with van der Waals surface area (Å²) in [4.78, 5) is 9.80. The van der Waals surface area contributed by atoms with E-state index in [1.165, 1.54) is 0 Å². The summed E-state index contributed by atoms with van der Waals surface area (Å²) in [7, 11) is 4.88. The van der Waals surface area contributed by atoms with Gasteiger partial charge in [-0.1, -0.05) is 0 Å². The number of likely N-dealkylation sites (tertiary alicyclic amines) is 1. The molecule has 9 heteroatoms. The zero-order chi connectivity index (χ0) is 20.6. The molecule has 0 radical (unpaired) electrons. The van der Waals surface area contributed by atoms with E-state index in [-0.39, 0.29) is 24.0 Å². The fourth-order valence-corrected chi connectivity index (χ4v) is 4.05. The fourth-order valence-electron chi connectivity index (χ4n) is 4.05. The number of ether oxygens (including phenoxy) is 4. The molecule has 0 saturated carbocycles. The molecule has 170 valence electrons. The molecule has 8 nitrogen and oxygen atoms in total. The first-order chi connectivity index (χ1) is 14.2. The number of nitrogens with zero attached hydrogens (tertiary/aromatic N) is 3. The van der Waals surface area contributed by atoms with Crippen molar-refractivity contribution in [1.82, 2.24) is 15.1 Å². The zero-order valence-corrected chi connectivity index (χ0v) is 20.8. The van der Waals surface area contributed by atoms with Gasteiger partial charge in [0.25, 0.3) is 0 Å². The van der Waals surface area contributed by atoms with Gasteiger partial charge in [-0.3, -0.25) is 4.90 Å². The number of morpholine rings is 1. The highest BCUT2D eigenvalue weighted by atomic mass is 127. The van der Waals surface area contributed by atoms with Gasteiger partial charge >= 0.3 is 0 Å². The number of nitrogens with one attached hydrogen (secondary N) is 1. The Bertz CT molecular complexity index is 698. The van der Waals surface area contributed by atoms with Crippen LogP contribution in [0, 0.1) is 0 Å². The van der Waals surface area contributed by atoms with Gasteiger partial charge in [0.05, 0.1) is 41.1 Å². The lowest BCUT2D eigenvalue weighted by molar-refractivity contribution is 0.0195. The Morgan fingerprint density at radius 2 is 1.83 bits per heavy atom. The van der Waals surface area contributed by atoms with Crippen LogP contribution in [0.15, 0.2) is 17.1 Å². The topological polar surface area (TPSA) is 67.8 Å². The second-order valence-electron chi connectivity index (χ2n) is 7.20. The number of aliphatic imine (C=N–C) groups is 1. The van der Waals surface area contributed by atoms with Gasteiger partial charge in [-0.25, -0.2) is 4.99 Å². The molecule has 0 aromatic heterocycles. The highest BCUT2D eigenvalue weighted by molar-refractivity contribution is 14.0. The van der Waals surface area contributed by atoms with E-state index >= 15 is 0 Å². The molecular formula is C21H35IN4O4. The summed E-state index contributed by atoms with van der Waals surface area (Å²) in [6.45, 7) is 9.16. The smallest absolute Gasteiger partial charge is 0.203 e. The Morgan fingerprint density at radius 1 is 1.10 bits per heavy atom. The number of rotatable bonds is 7. The maximum Gasteiger partial charge on any atom is 0.203 e. The molecule has 2 aliphatic heterocycles. The molecule has 0 spiro atoms. The summed E-state index contributed by atoms with van der Waals surface area (Å²) in [6, 6.07) is 4.44. The van der Waals surface area contributed by atoms with Crippen molar-refractivity contribution in [3.63, 3.8) is 0 Å². The van der Waals surface area contributed by atoms with Gasteiger partial charge in [0.2, 0.25) is 5.75 Å². The highest BCUT2D eigenvalue weighted by Crippen LogP contribution is 2.40. The Morgan fingerprint density at radius 3 is 2.47 bits per heavy atom. The van der Waals surface area contributed by atoms with Crippen LogP contribution in [-0.4, -0.2) is 89.1 Å². The second-order valence-corrected chi connectivity index (χ2v) is 7.20. The van der Waals surface area contributed by atoms with Crippen LogP contribution in [0.2, 0.25) is 0 Å². The summed E-state index contributed by atoms with van der Waals surface area (Å²) in [6.07, 6.45) is 1.16. The van der Waals surface area contributed by atoms with Crippen LogP contribution < -0.4 is 19.5 Å². The van der Waals surface area contributed by atoms with Crippen molar-refractivity contribution >= 4 is 29.9 Å². The number of hydrogen-bond donors (Lipinski definition) is 1. The van der Waals surface area contributed by atoms with Crippen LogP contribution in [0.1, 0.15) is 18.9 Å². The van der Waals surface area contributed by atoms with E-state index in [1.807, 2.05) is 12.1 Å².